The molecule has 2 rings (SSSR count). The van der Waals surface area contributed by atoms with Crippen LogP contribution in [-0.4, -0.2) is 21.3 Å². The summed E-state index contributed by atoms with van der Waals surface area (Å²) in [6, 6.07) is 5.85. The fraction of sp³-hybridized carbons (Fsp3) is 0.429. The van der Waals surface area contributed by atoms with E-state index in [1.165, 1.54) is 5.56 Å². The lowest BCUT2D eigenvalue weighted by molar-refractivity contribution is 0.551. The van der Waals surface area contributed by atoms with Crippen molar-refractivity contribution < 1.29 is 0 Å². The monoisotopic (exact) mass is 244 g/mol. The number of hydrogen-bond acceptors (Lipinski definition) is 3. The molecular formula is C14H20N4. The Morgan fingerprint density at radius 2 is 2.17 bits per heavy atom. The maximum atomic E-state index is 4.40. The van der Waals surface area contributed by atoms with Crippen molar-refractivity contribution in [1.29, 1.82) is 0 Å². The first-order valence-corrected chi connectivity index (χ1v) is 6.34. The van der Waals surface area contributed by atoms with Crippen molar-refractivity contribution in [3.05, 3.63) is 41.9 Å². The summed E-state index contributed by atoms with van der Waals surface area (Å²) >= 11 is 0. The van der Waals surface area contributed by atoms with Gasteiger partial charge in [-0.25, -0.2) is 9.67 Å². The number of pyridine rings is 1. The van der Waals surface area contributed by atoms with Crippen molar-refractivity contribution in [2.24, 2.45) is 5.92 Å². The van der Waals surface area contributed by atoms with E-state index in [4.69, 9.17) is 0 Å². The Bertz CT molecular complexity index is 488. The van der Waals surface area contributed by atoms with Crippen LogP contribution in [0.25, 0.3) is 5.82 Å². The minimum Gasteiger partial charge on any atom is -0.312 e. The zero-order valence-electron chi connectivity index (χ0n) is 11.2. The summed E-state index contributed by atoms with van der Waals surface area (Å²) in [6.45, 7) is 8.37. The fourth-order valence-corrected chi connectivity index (χ4v) is 1.82. The fourth-order valence-electron chi connectivity index (χ4n) is 1.82. The van der Waals surface area contributed by atoms with Crippen LogP contribution < -0.4 is 5.32 Å². The van der Waals surface area contributed by atoms with Gasteiger partial charge in [-0.2, -0.15) is 5.10 Å². The van der Waals surface area contributed by atoms with Crippen LogP contribution in [0.1, 0.15) is 25.1 Å². The molecule has 1 N–H and O–H groups in total. The predicted molar refractivity (Wildman–Crippen MR) is 72.6 cm³/mol. The zero-order chi connectivity index (χ0) is 13.0. The molecule has 18 heavy (non-hydrogen) atoms. The Hall–Kier alpha value is -1.68. The van der Waals surface area contributed by atoms with Crippen LogP contribution in [0.3, 0.4) is 0 Å². The number of hydrogen-bond donors (Lipinski definition) is 1. The first-order chi connectivity index (χ1) is 8.68. The van der Waals surface area contributed by atoms with Gasteiger partial charge in [0.05, 0.1) is 6.20 Å². The van der Waals surface area contributed by atoms with E-state index in [-0.39, 0.29) is 0 Å². The SMILES string of the molecule is Cc1c(CNCC(C)C)cnn1-c1ccccn1. The molecule has 0 fully saturated rings. The highest BCUT2D eigenvalue weighted by atomic mass is 15.3. The minimum absolute atomic E-state index is 0.663. The molecule has 0 amide bonds. The van der Waals surface area contributed by atoms with Gasteiger partial charge in [0, 0.05) is 24.0 Å². The molecule has 0 aliphatic rings. The van der Waals surface area contributed by atoms with Gasteiger partial charge >= 0.3 is 0 Å². The van der Waals surface area contributed by atoms with E-state index in [1.807, 2.05) is 29.1 Å². The van der Waals surface area contributed by atoms with E-state index >= 15 is 0 Å². The highest BCUT2D eigenvalue weighted by Crippen LogP contribution is 2.11. The van der Waals surface area contributed by atoms with Gasteiger partial charge in [0.2, 0.25) is 0 Å². The van der Waals surface area contributed by atoms with Gasteiger partial charge in [-0.3, -0.25) is 0 Å². The second-order valence-electron chi connectivity index (χ2n) is 4.88. The Morgan fingerprint density at radius 3 is 2.83 bits per heavy atom. The van der Waals surface area contributed by atoms with Gasteiger partial charge in [-0.05, 0) is 31.5 Å². The molecule has 2 heterocycles. The highest BCUT2D eigenvalue weighted by Gasteiger charge is 2.08. The van der Waals surface area contributed by atoms with Gasteiger partial charge in [-0.15, -0.1) is 0 Å². The second kappa shape index (κ2) is 5.78. The Labute approximate surface area is 108 Å². The molecule has 2 aromatic heterocycles. The molecule has 0 atom stereocenters. The average molecular weight is 244 g/mol. The molecule has 0 aliphatic heterocycles. The summed E-state index contributed by atoms with van der Waals surface area (Å²) in [7, 11) is 0. The van der Waals surface area contributed by atoms with E-state index in [0.717, 1.165) is 24.6 Å². The highest BCUT2D eigenvalue weighted by molar-refractivity contribution is 5.27. The molecule has 2 aromatic rings. The van der Waals surface area contributed by atoms with Crippen molar-refractivity contribution >= 4 is 0 Å². The second-order valence-corrected chi connectivity index (χ2v) is 4.88. The van der Waals surface area contributed by atoms with Crippen molar-refractivity contribution in [3.63, 3.8) is 0 Å². The van der Waals surface area contributed by atoms with E-state index in [2.05, 4.69) is 36.2 Å². The lowest BCUT2D eigenvalue weighted by Crippen LogP contribution is -2.19. The lowest BCUT2D eigenvalue weighted by Gasteiger charge is -2.07. The molecule has 0 saturated heterocycles. The molecule has 0 unspecified atom stereocenters. The normalized spacial score (nSPS) is 11.1. The third kappa shape index (κ3) is 2.96. The molecule has 4 heteroatoms. The third-order valence-electron chi connectivity index (χ3n) is 2.85. The average Bonchev–Trinajstić information content (AvgIpc) is 2.72. The van der Waals surface area contributed by atoms with E-state index in [1.54, 1.807) is 6.20 Å². The van der Waals surface area contributed by atoms with E-state index in [0.29, 0.717) is 5.92 Å². The predicted octanol–water partition coefficient (Wildman–Crippen LogP) is 2.32. The summed E-state index contributed by atoms with van der Waals surface area (Å²) in [5, 5.41) is 7.83. The maximum absolute atomic E-state index is 4.40. The summed E-state index contributed by atoms with van der Waals surface area (Å²) in [6.07, 6.45) is 3.70. The molecule has 0 radical (unpaired) electrons. The molecular weight excluding hydrogens is 224 g/mol. The molecule has 0 spiro atoms. The van der Waals surface area contributed by atoms with Crippen LogP contribution in [-0.2, 0) is 6.54 Å². The van der Waals surface area contributed by atoms with Crippen molar-refractivity contribution in [1.82, 2.24) is 20.1 Å². The minimum atomic E-state index is 0.663. The van der Waals surface area contributed by atoms with Crippen LogP contribution in [0, 0.1) is 12.8 Å². The van der Waals surface area contributed by atoms with E-state index < -0.39 is 0 Å². The number of aromatic nitrogens is 3. The number of nitrogens with one attached hydrogen (secondary N) is 1. The Balaban J connectivity index is 2.09. The molecule has 4 nitrogen and oxygen atoms in total. The van der Waals surface area contributed by atoms with Crippen LogP contribution >= 0.6 is 0 Å². The van der Waals surface area contributed by atoms with Crippen molar-refractivity contribution in [2.45, 2.75) is 27.3 Å². The van der Waals surface area contributed by atoms with Gasteiger partial charge in [0.15, 0.2) is 5.82 Å². The summed E-state index contributed by atoms with van der Waals surface area (Å²) in [5.41, 5.74) is 2.37. The largest absolute Gasteiger partial charge is 0.312 e. The molecule has 0 aliphatic carbocycles. The summed E-state index contributed by atoms with van der Waals surface area (Å²) in [5.74, 6) is 1.53. The topological polar surface area (TPSA) is 42.7 Å². The van der Waals surface area contributed by atoms with Crippen LogP contribution in [0.4, 0.5) is 0 Å². The van der Waals surface area contributed by atoms with Crippen LogP contribution in [0.5, 0.6) is 0 Å². The van der Waals surface area contributed by atoms with Crippen LogP contribution in [0.15, 0.2) is 30.6 Å². The summed E-state index contributed by atoms with van der Waals surface area (Å²) in [4.78, 5) is 4.31. The van der Waals surface area contributed by atoms with E-state index in [9.17, 15) is 0 Å². The first-order valence-electron chi connectivity index (χ1n) is 6.34. The van der Waals surface area contributed by atoms with Gasteiger partial charge < -0.3 is 5.32 Å². The van der Waals surface area contributed by atoms with Crippen molar-refractivity contribution in [3.8, 4) is 5.82 Å². The quantitative estimate of drug-likeness (QED) is 0.877. The van der Waals surface area contributed by atoms with Gasteiger partial charge in [-0.1, -0.05) is 19.9 Å². The van der Waals surface area contributed by atoms with Gasteiger partial charge in [0.25, 0.3) is 0 Å². The van der Waals surface area contributed by atoms with Gasteiger partial charge in [0.1, 0.15) is 0 Å². The lowest BCUT2D eigenvalue weighted by atomic mass is 10.2. The first kappa shape index (κ1) is 12.8. The van der Waals surface area contributed by atoms with Crippen molar-refractivity contribution in [2.75, 3.05) is 6.54 Å². The zero-order valence-corrected chi connectivity index (χ0v) is 11.2. The molecule has 96 valence electrons. The Kier molecular flexibility index (Phi) is 4.10. The maximum Gasteiger partial charge on any atom is 0.153 e. The molecule has 0 saturated carbocycles. The Morgan fingerprint density at radius 1 is 1.33 bits per heavy atom. The standard InChI is InChI=1S/C14H20N4/c1-11(2)8-15-9-13-10-17-18(12(13)3)14-6-4-5-7-16-14/h4-7,10-11,15H,8-9H2,1-3H3. The smallest absolute Gasteiger partial charge is 0.153 e. The number of rotatable bonds is 5. The molecule has 0 bridgehead atoms. The van der Waals surface area contributed by atoms with Crippen LogP contribution in [0.2, 0.25) is 0 Å². The third-order valence-corrected chi connectivity index (χ3v) is 2.85. The number of nitrogens with zero attached hydrogens (tertiary/aromatic N) is 3. The summed E-state index contributed by atoms with van der Waals surface area (Å²) < 4.78 is 1.88. The molecule has 0 aromatic carbocycles.